The van der Waals surface area contributed by atoms with Gasteiger partial charge < -0.3 is 27.2 Å². The van der Waals surface area contributed by atoms with E-state index in [0.717, 1.165) is 36.7 Å². The van der Waals surface area contributed by atoms with Gasteiger partial charge in [-0.2, -0.15) is 0 Å². The second kappa shape index (κ2) is 13.4. The summed E-state index contributed by atoms with van der Waals surface area (Å²) in [5, 5.41) is 1.26. The number of nitrogens with zero attached hydrogens (tertiary/aromatic N) is 1. The van der Waals surface area contributed by atoms with Crippen LogP contribution in [0.25, 0.3) is 0 Å². The smallest absolute Gasteiger partial charge is 0.556 e. The zero-order chi connectivity index (χ0) is 21.9. The van der Waals surface area contributed by atoms with E-state index in [1.54, 1.807) is 7.05 Å². The van der Waals surface area contributed by atoms with Crippen LogP contribution in [0.2, 0.25) is 44.3 Å². The Bertz CT molecular complexity index is 684. The van der Waals surface area contributed by atoms with Gasteiger partial charge in [0.15, 0.2) is 0 Å². The topological polar surface area (TPSA) is 72.9 Å². The average Bonchev–Trinajstić information content (AvgIpc) is 2.71. The summed E-state index contributed by atoms with van der Waals surface area (Å²) in [6.45, 7) is 9.30. The predicted octanol–water partition coefficient (Wildman–Crippen LogP) is 2.36. The van der Waals surface area contributed by atoms with E-state index in [1.165, 1.54) is 10.1 Å². The Labute approximate surface area is 182 Å². The van der Waals surface area contributed by atoms with E-state index in [-0.39, 0.29) is 8.92 Å². The van der Waals surface area contributed by atoms with Gasteiger partial charge in [0.05, 0.1) is 22.8 Å². The van der Waals surface area contributed by atoms with Gasteiger partial charge in [-0.1, -0.05) is 55.5 Å². The Kier molecular flexibility index (Phi) is 12.6. The quantitative estimate of drug-likeness (QED) is 0.119. The third-order valence-electron chi connectivity index (χ3n) is 5.25. The molecule has 6 nitrogen and oxygen atoms in total. The summed E-state index contributed by atoms with van der Waals surface area (Å²) in [7, 11) is -4.57. The van der Waals surface area contributed by atoms with Crippen LogP contribution in [0, 0.1) is 0 Å². The molecule has 0 bridgehead atoms. The minimum absolute atomic E-state index is 0. The molecule has 0 aromatic heterocycles. The molecule has 2 atom stereocenters. The summed E-state index contributed by atoms with van der Waals surface area (Å²) in [4.78, 5) is 12.4. The second-order valence-electron chi connectivity index (χ2n) is 8.27. The van der Waals surface area contributed by atoms with Gasteiger partial charge in [0.1, 0.15) is 0 Å². The van der Waals surface area contributed by atoms with Crippen LogP contribution in [-0.2, 0) is 22.3 Å². The van der Waals surface area contributed by atoms with Crippen LogP contribution in [0.1, 0.15) is 12.8 Å². The Morgan fingerprint density at radius 2 is 1.87 bits per heavy atom. The van der Waals surface area contributed by atoms with Gasteiger partial charge in [0.2, 0.25) is 0 Å². The molecule has 30 heavy (non-hydrogen) atoms. The van der Waals surface area contributed by atoms with Crippen molar-refractivity contribution in [1.29, 1.82) is 0 Å². The fourth-order valence-electron chi connectivity index (χ4n) is 3.01. The number of anilines is 1. The molecular weight excluding hydrogens is 718 g/mol. The zero-order valence-electron chi connectivity index (χ0n) is 18.8. The molecule has 0 fully saturated rings. The molecule has 0 aliphatic carbocycles. The van der Waals surface area contributed by atoms with E-state index >= 15 is 0 Å². The summed E-state index contributed by atoms with van der Waals surface area (Å²) in [6, 6.07) is 10.9. The fourth-order valence-corrected chi connectivity index (χ4v) is 12.8. The van der Waals surface area contributed by atoms with E-state index in [4.69, 9.17) is 8.54 Å². The molecule has 0 saturated carbocycles. The molecule has 1 amide bonds. The van der Waals surface area contributed by atoms with Crippen LogP contribution in [-0.4, -0.2) is 63.6 Å². The normalized spacial score (nSPS) is 14.0. The summed E-state index contributed by atoms with van der Waals surface area (Å²) < 4.78 is 33.8. The summed E-state index contributed by atoms with van der Waals surface area (Å²) in [6.07, 6.45) is 3.85. The van der Waals surface area contributed by atoms with Crippen LogP contribution < -0.4 is 10.1 Å². The van der Waals surface area contributed by atoms with Gasteiger partial charge in [0.25, 0.3) is 8.92 Å². The van der Waals surface area contributed by atoms with Crippen molar-refractivity contribution in [1.82, 2.24) is 0 Å². The first-order valence-electron chi connectivity index (χ1n) is 9.96. The van der Waals surface area contributed by atoms with Gasteiger partial charge in [-0.05, 0) is 26.1 Å². The van der Waals surface area contributed by atoms with Crippen molar-refractivity contribution in [3.05, 3.63) is 24.3 Å². The van der Waals surface area contributed by atoms with Crippen molar-refractivity contribution >= 4 is 60.8 Å². The molecular formula is C18H32NO5RfSi5-. The Morgan fingerprint density at radius 3 is 2.47 bits per heavy atom. The number of amides is 1. The third-order valence-corrected chi connectivity index (χ3v) is 16.9. The molecule has 2 unspecified atom stereocenters. The number of hydrogen-bond acceptors (Lipinski definition) is 5. The maximum Gasteiger partial charge on any atom is 0.580 e. The van der Waals surface area contributed by atoms with Crippen LogP contribution >= 0.6 is 0 Å². The van der Waals surface area contributed by atoms with Crippen molar-refractivity contribution in [2.24, 2.45) is 0 Å². The molecule has 1 rings (SSSR count). The standard InChI is InChI=1S/C18H32NO5Si5.Rf/c1-19(16-20)17-9-8-10-18(15-17)28(3,4)13-14-29(5,24-25-21)23-11-6-7-12-27(2)26-22;/h8-10,15,27H,6-7,11-14H2,1-5H3;/q-1;. The Balaban J connectivity index is 0.00000841. The minimum atomic E-state index is -2.51. The summed E-state index contributed by atoms with van der Waals surface area (Å²) in [5.41, 5.74) is 0.836. The summed E-state index contributed by atoms with van der Waals surface area (Å²) >= 11 is 0. The van der Waals surface area contributed by atoms with Crippen molar-refractivity contribution in [3.63, 3.8) is 0 Å². The zero-order valence-corrected chi connectivity index (χ0v) is 30.4. The molecule has 0 spiro atoms. The van der Waals surface area contributed by atoms with Gasteiger partial charge >= 0.3 is 18.2 Å². The largest absolute Gasteiger partial charge is 0.580 e. The van der Waals surface area contributed by atoms with Gasteiger partial charge in [-0.25, -0.2) is 0 Å². The first kappa shape index (κ1) is 28.1. The van der Waals surface area contributed by atoms with Crippen molar-refractivity contribution in [3.8, 4) is 0 Å². The van der Waals surface area contributed by atoms with Gasteiger partial charge in [-0.15, -0.1) is 17.8 Å². The molecule has 0 heterocycles. The molecule has 0 aliphatic rings. The molecule has 1 aromatic carbocycles. The van der Waals surface area contributed by atoms with Crippen LogP contribution in [0.15, 0.2) is 24.3 Å². The maximum absolute atomic E-state index is 11.2. The molecule has 162 valence electrons. The van der Waals surface area contributed by atoms with E-state index in [2.05, 4.69) is 31.8 Å². The number of unbranched alkanes of at least 4 members (excludes halogenated alkanes) is 1. The Morgan fingerprint density at radius 1 is 1.17 bits per heavy atom. The first-order chi connectivity index (χ1) is 13.7. The monoisotopic (exact) mass is 749 g/mol. The minimum Gasteiger partial charge on any atom is -0.556 e. The number of carbonyl (C=O) groups excluding carboxylic acids is 1. The second-order valence-corrected chi connectivity index (χ2v) is 23.4. The SMILES string of the molecule is CN([C-]=O)c1cccc([Si](C)(C)CC[Si](C)(OCCCC[SiH](C)[Si]=O)O[Si]=O)c1.[Rf]. The van der Waals surface area contributed by atoms with Crippen molar-refractivity contribution < 1.29 is 22.3 Å². The van der Waals surface area contributed by atoms with Crippen molar-refractivity contribution in [2.45, 2.75) is 57.2 Å². The molecule has 1 aromatic rings. The average molecular weight is 750 g/mol. The predicted molar refractivity (Wildman–Crippen MR) is 126 cm³/mol. The molecule has 0 saturated heterocycles. The van der Waals surface area contributed by atoms with E-state index in [9.17, 15) is 13.7 Å². The number of benzene rings is 1. The molecule has 12 heteroatoms. The number of hydrogen-bond donors (Lipinski definition) is 0. The number of rotatable bonds is 15. The van der Waals surface area contributed by atoms with E-state index in [1.807, 2.05) is 25.1 Å². The molecule has 2 radical (unpaired) electrons. The van der Waals surface area contributed by atoms with E-state index in [0.29, 0.717) is 6.61 Å². The van der Waals surface area contributed by atoms with Crippen LogP contribution in [0.4, 0.5) is 5.69 Å². The fraction of sp³-hybridized carbons (Fsp3) is 0.611. The summed E-state index contributed by atoms with van der Waals surface area (Å²) in [5.74, 6) is 0. The third kappa shape index (κ3) is 9.30. The Hall–Kier alpha value is -1.87. The van der Waals surface area contributed by atoms with Gasteiger partial charge in [-0.3, -0.25) is 0 Å². The molecule has 0 aliphatic heterocycles. The first-order valence-corrected chi connectivity index (χ1v) is 21.2. The van der Waals surface area contributed by atoms with Crippen molar-refractivity contribution in [2.75, 3.05) is 18.6 Å². The maximum atomic E-state index is 11.2. The van der Waals surface area contributed by atoms with E-state index < -0.39 is 34.6 Å². The van der Waals surface area contributed by atoms with Gasteiger partial charge in [0, 0.05) is 6.61 Å². The van der Waals surface area contributed by atoms with Crippen LogP contribution in [0.3, 0.4) is 0 Å². The van der Waals surface area contributed by atoms with Crippen LogP contribution in [0.5, 0.6) is 0 Å². The molecule has 0 N–H and O–H groups in total.